The van der Waals surface area contributed by atoms with Crippen molar-refractivity contribution in [3.05, 3.63) is 36.5 Å². The minimum atomic E-state index is -0.542. The van der Waals surface area contributed by atoms with E-state index in [9.17, 15) is 9.90 Å². The van der Waals surface area contributed by atoms with Gasteiger partial charge in [-0.1, -0.05) is 147 Å². The van der Waals surface area contributed by atoms with Crippen molar-refractivity contribution in [2.75, 3.05) is 19.8 Å². The standard InChI is InChI=1S/C40H74O4/c1-3-5-7-9-11-13-15-17-19-21-23-25-27-29-31-33-35-40(42)44-39(37-41)38-43-36-34-32-30-28-26-24-22-20-18-16-14-12-10-8-6-4-2/h12,14,18-21,39,41H,3-11,13,15-17,22-38H2,1-2H3/b14-12-,20-18-,21-19-. The molecule has 0 amide bonds. The second kappa shape index (κ2) is 37.8. The van der Waals surface area contributed by atoms with Gasteiger partial charge in [0, 0.05) is 13.0 Å². The molecule has 0 rings (SSSR count). The number of carbonyl (C=O) groups excluding carboxylic acids is 1. The fraction of sp³-hybridized carbons (Fsp3) is 0.825. The molecule has 1 unspecified atom stereocenters. The molecule has 0 saturated heterocycles. The zero-order valence-electron chi connectivity index (χ0n) is 29.4. The summed E-state index contributed by atoms with van der Waals surface area (Å²) in [5.41, 5.74) is 0. The highest BCUT2D eigenvalue weighted by Gasteiger charge is 2.13. The topological polar surface area (TPSA) is 55.8 Å². The molecule has 0 fully saturated rings. The Morgan fingerprint density at radius 3 is 1.48 bits per heavy atom. The molecule has 0 aliphatic carbocycles. The zero-order chi connectivity index (χ0) is 32.0. The van der Waals surface area contributed by atoms with Crippen molar-refractivity contribution in [1.82, 2.24) is 0 Å². The molecule has 0 aliphatic heterocycles. The van der Waals surface area contributed by atoms with Gasteiger partial charge < -0.3 is 14.6 Å². The Bertz CT molecular complexity index is 654. The zero-order valence-corrected chi connectivity index (χ0v) is 29.4. The largest absolute Gasteiger partial charge is 0.457 e. The fourth-order valence-corrected chi connectivity index (χ4v) is 5.29. The molecule has 0 saturated carbocycles. The molecule has 0 aliphatic rings. The van der Waals surface area contributed by atoms with Crippen LogP contribution in [0.1, 0.15) is 187 Å². The van der Waals surface area contributed by atoms with Crippen molar-refractivity contribution < 1.29 is 19.4 Å². The summed E-state index contributed by atoms with van der Waals surface area (Å²) in [6, 6.07) is 0. The summed E-state index contributed by atoms with van der Waals surface area (Å²) in [5, 5.41) is 9.56. The first-order chi connectivity index (χ1) is 21.7. The van der Waals surface area contributed by atoms with Gasteiger partial charge in [-0.25, -0.2) is 0 Å². The van der Waals surface area contributed by atoms with Gasteiger partial charge in [0.15, 0.2) is 0 Å². The number of esters is 1. The molecule has 4 nitrogen and oxygen atoms in total. The van der Waals surface area contributed by atoms with Gasteiger partial charge in [-0.2, -0.15) is 0 Å². The Morgan fingerprint density at radius 2 is 0.955 bits per heavy atom. The average molecular weight is 619 g/mol. The highest BCUT2D eigenvalue weighted by Crippen LogP contribution is 2.12. The van der Waals surface area contributed by atoms with Crippen molar-refractivity contribution in [1.29, 1.82) is 0 Å². The summed E-state index contributed by atoms with van der Waals surface area (Å²) in [4.78, 5) is 12.1. The second-order valence-electron chi connectivity index (χ2n) is 12.6. The number of hydrogen-bond donors (Lipinski definition) is 1. The number of ether oxygens (including phenoxy) is 2. The Kier molecular flexibility index (Phi) is 36.6. The van der Waals surface area contributed by atoms with E-state index in [-0.39, 0.29) is 19.2 Å². The smallest absolute Gasteiger partial charge is 0.306 e. The first-order valence-corrected chi connectivity index (χ1v) is 19.1. The molecule has 4 heteroatoms. The van der Waals surface area contributed by atoms with Crippen LogP contribution in [0.15, 0.2) is 36.5 Å². The fourth-order valence-electron chi connectivity index (χ4n) is 5.29. The lowest BCUT2D eigenvalue weighted by Crippen LogP contribution is -2.27. The maximum Gasteiger partial charge on any atom is 0.306 e. The molecule has 0 radical (unpaired) electrons. The third-order valence-electron chi connectivity index (χ3n) is 8.19. The van der Waals surface area contributed by atoms with Crippen molar-refractivity contribution in [3.63, 3.8) is 0 Å². The Labute approximate surface area is 274 Å². The third-order valence-corrected chi connectivity index (χ3v) is 8.19. The highest BCUT2D eigenvalue weighted by molar-refractivity contribution is 5.69. The summed E-state index contributed by atoms with van der Waals surface area (Å²) in [6.45, 7) is 5.29. The van der Waals surface area contributed by atoms with Gasteiger partial charge in [-0.05, 0) is 70.6 Å². The minimum Gasteiger partial charge on any atom is -0.457 e. The predicted molar refractivity (Wildman–Crippen MR) is 191 cm³/mol. The number of unbranched alkanes of at least 4 members (excludes halogenated alkanes) is 21. The number of allylic oxidation sites excluding steroid dienone is 6. The van der Waals surface area contributed by atoms with Crippen LogP contribution in [0.25, 0.3) is 0 Å². The van der Waals surface area contributed by atoms with Crippen molar-refractivity contribution in [3.8, 4) is 0 Å². The van der Waals surface area contributed by atoms with E-state index >= 15 is 0 Å². The lowest BCUT2D eigenvalue weighted by molar-refractivity contribution is -0.154. The van der Waals surface area contributed by atoms with E-state index in [0.717, 1.165) is 32.1 Å². The quantitative estimate of drug-likeness (QED) is 0.0436. The summed E-state index contributed by atoms with van der Waals surface area (Å²) >= 11 is 0. The Morgan fingerprint density at radius 1 is 0.545 bits per heavy atom. The van der Waals surface area contributed by atoms with Crippen LogP contribution in [0.3, 0.4) is 0 Å². The van der Waals surface area contributed by atoms with E-state index in [1.54, 1.807) is 0 Å². The number of aliphatic hydroxyl groups is 1. The first-order valence-electron chi connectivity index (χ1n) is 19.1. The number of hydrogen-bond acceptors (Lipinski definition) is 4. The lowest BCUT2D eigenvalue weighted by atomic mass is 10.1. The molecule has 0 heterocycles. The van der Waals surface area contributed by atoms with E-state index in [1.807, 2.05) is 0 Å². The summed E-state index contributed by atoms with van der Waals surface area (Å²) in [6.07, 6.45) is 46.1. The monoisotopic (exact) mass is 619 g/mol. The van der Waals surface area contributed by atoms with Crippen LogP contribution >= 0.6 is 0 Å². The highest BCUT2D eigenvalue weighted by atomic mass is 16.6. The lowest BCUT2D eigenvalue weighted by Gasteiger charge is -2.15. The molecule has 0 spiro atoms. The molecule has 0 aromatic carbocycles. The maximum absolute atomic E-state index is 12.1. The van der Waals surface area contributed by atoms with Crippen molar-refractivity contribution in [2.24, 2.45) is 0 Å². The van der Waals surface area contributed by atoms with Crippen LogP contribution in [-0.2, 0) is 14.3 Å². The van der Waals surface area contributed by atoms with Crippen molar-refractivity contribution in [2.45, 2.75) is 193 Å². The van der Waals surface area contributed by atoms with Gasteiger partial charge >= 0.3 is 5.97 Å². The van der Waals surface area contributed by atoms with E-state index in [0.29, 0.717) is 13.0 Å². The molecule has 1 atom stereocenters. The van der Waals surface area contributed by atoms with Crippen LogP contribution in [0, 0.1) is 0 Å². The van der Waals surface area contributed by atoms with E-state index in [2.05, 4.69) is 50.3 Å². The molecular formula is C40H74O4. The third kappa shape index (κ3) is 35.1. The summed E-state index contributed by atoms with van der Waals surface area (Å²) in [7, 11) is 0. The molecule has 0 aromatic heterocycles. The van der Waals surface area contributed by atoms with Gasteiger partial charge in [0.2, 0.25) is 0 Å². The minimum absolute atomic E-state index is 0.179. The molecule has 258 valence electrons. The normalized spacial score (nSPS) is 12.7. The van der Waals surface area contributed by atoms with E-state index in [1.165, 1.54) is 135 Å². The maximum atomic E-state index is 12.1. The van der Waals surface area contributed by atoms with Gasteiger partial charge in [0.25, 0.3) is 0 Å². The Balaban J connectivity index is 3.47. The van der Waals surface area contributed by atoms with Gasteiger partial charge in [0.05, 0.1) is 13.2 Å². The Hall–Kier alpha value is -1.39. The molecule has 1 N–H and O–H groups in total. The van der Waals surface area contributed by atoms with Gasteiger partial charge in [-0.15, -0.1) is 0 Å². The van der Waals surface area contributed by atoms with E-state index in [4.69, 9.17) is 9.47 Å². The van der Waals surface area contributed by atoms with Crippen LogP contribution in [-0.4, -0.2) is 37.0 Å². The summed E-state index contributed by atoms with van der Waals surface area (Å²) < 4.78 is 11.1. The predicted octanol–water partition coefficient (Wildman–Crippen LogP) is 12.1. The van der Waals surface area contributed by atoms with Gasteiger partial charge in [0.1, 0.15) is 6.10 Å². The van der Waals surface area contributed by atoms with Crippen LogP contribution in [0.2, 0.25) is 0 Å². The molecule has 44 heavy (non-hydrogen) atoms. The summed E-state index contributed by atoms with van der Waals surface area (Å²) in [5.74, 6) is -0.213. The number of rotatable bonds is 35. The molecule has 0 bridgehead atoms. The van der Waals surface area contributed by atoms with Crippen molar-refractivity contribution >= 4 is 5.97 Å². The first kappa shape index (κ1) is 42.6. The average Bonchev–Trinajstić information content (AvgIpc) is 3.03. The number of carbonyl (C=O) groups is 1. The second-order valence-corrected chi connectivity index (χ2v) is 12.6. The van der Waals surface area contributed by atoms with E-state index < -0.39 is 6.10 Å². The molecule has 0 aromatic rings. The van der Waals surface area contributed by atoms with Crippen LogP contribution < -0.4 is 0 Å². The number of aliphatic hydroxyl groups excluding tert-OH is 1. The van der Waals surface area contributed by atoms with Crippen LogP contribution in [0.4, 0.5) is 0 Å². The molecular weight excluding hydrogens is 544 g/mol. The van der Waals surface area contributed by atoms with Crippen LogP contribution in [0.5, 0.6) is 0 Å². The van der Waals surface area contributed by atoms with Gasteiger partial charge in [-0.3, -0.25) is 4.79 Å². The SMILES string of the molecule is CCCCC/C=C\C/C=C\CCCCCCCCOCC(CO)OC(=O)CCCCCCC/C=C\CCCCCCCCC.